The van der Waals surface area contributed by atoms with Gasteiger partial charge >= 0.3 is 0 Å². The molecule has 1 aromatic heterocycles. The molecule has 1 saturated carbocycles. The fourth-order valence-electron chi connectivity index (χ4n) is 2.54. The zero-order valence-electron chi connectivity index (χ0n) is 8.35. The summed E-state index contributed by atoms with van der Waals surface area (Å²) >= 11 is 0. The minimum atomic E-state index is -0.0961. The van der Waals surface area contributed by atoms with Crippen molar-refractivity contribution in [3.8, 4) is 0 Å². The van der Waals surface area contributed by atoms with E-state index in [1.807, 2.05) is 6.92 Å². The van der Waals surface area contributed by atoms with Gasteiger partial charge in [0, 0.05) is 16.8 Å². The average Bonchev–Trinajstić information content (AvgIpc) is 2.60. The van der Waals surface area contributed by atoms with E-state index >= 15 is 0 Å². The summed E-state index contributed by atoms with van der Waals surface area (Å²) in [6, 6.07) is 0. The van der Waals surface area contributed by atoms with Gasteiger partial charge < -0.3 is 5.73 Å². The Morgan fingerprint density at radius 1 is 1.31 bits per heavy atom. The van der Waals surface area contributed by atoms with Gasteiger partial charge in [-0.2, -0.15) is 5.10 Å². The van der Waals surface area contributed by atoms with Crippen LogP contribution in [0.2, 0.25) is 0 Å². The lowest BCUT2D eigenvalue weighted by atomic mass is 9.88. The molecule has 0 aromatic carbocycles. The fourth-order valence-corrected chi connectivity index (χ4v) is 2.54. The van der Waals surface area contributed by atoms with Crippen molar-refractivity contribution in [2.75, 3.05) is 0 Å². The standard InChI is InChI=1S/C10H17N3/c1-7-9(8(2)13-12-7)10(11)5-3-4-6-10/h3-6,11H2,1-2H3,(H,12,13). The van der Waals surface area contributed by atoms with Crippen LogP contribution < -0.4 is 5.73 Å². The van der Waals surface area contributed by atoms with E-state index in [2.05, 4.69) is 17.1 Å². The normalized spacial score (nSPS) is 20.8. The molecular weight excluding hydrogens is 162 g/mol. The van der Waals surface area contributed by atoms with Crippen molar-refractivity contribution in [2.45, 2.75) is 45.1 Å². The third kappa shape index (κ3) is 1.27. The van der Waals surface area contributed by atoms with Gasteiger partial charge in [0.2, 0.25) is 0 Å². The molecule has 0 radical (unpaired) electrons. The third-order valence-electron chi connectivity index (χ3n) is 3.12. The molecule has 1 aliphatic carbocycles. The lowest BCUT2D eigenvalue weighted by Gasteiger charge is -2.24. The molecule has 13 heavy (non-hydrogen) atoms. The molecule has 1 aromatic rings. The number of aromatic amines is 1. The summed E-state index contributed by atoms with van der Waals surface area (Å²) in [4.78, 5) is 0. The molecule has 1 heterocycles. The number of hydrogen-bond donors (Lipinski definition) is 2. The predicted octanol–water partition coefficient (Wildman–Crippen LogP) is 1.75. The molecule has 1 aliphatic rings. The van der Waals surface area contributed by atoms with Gasteiger partial charge in [0.05, 0.1) is 5.69 Å². The Hall–Kier alpha value is -0.830. The minimum absolute atomic E-state index is 0.0961. The Bertz CT molecular complexity index is 288. The minimum Gasteiger partial charge on any atom is -0.321 e. The Morgan fingerprint density at radius 3 is 2.38 bits per heavy atom. The van der Waals surface area contributed by atoms with Crippen LogP contribution in [0.25, 0.3) is 0 Å². The Balaban J connectivity index is 2.43. The van der Waals surface area contributed by atoms with E-state index in [0.29, 0.717) is 0 Å². The maximum atomic E-state index is 6.37. The van der Waals surface area contributed by atoms with Crippen LogP contribution in [0, 0.1) is 13.8 Å². The van der Waals surface area contributed by atoms with Gasteiger partial charge in [0.25, 0.3) is 0 Å². The summed E-state index contributed by atoms with van der Waals surface area (Å²) < 4.78 is 0. The first-order chi connectivity index (χ1) is 6.13. The first kappa shape index (κ1) is 8.75. The summed E-state index contributed by atoms with van der Waals surface area (Å²) in [5, 5.41) is 7.21. The monoisotopic (exact) mass is 179 g/mol. The van der Waals surface area contributed by atoms with Crippen molar-refractivity contribution in [2.24, 2.45) is 5.73 Å². The number of nitrogens with one attached hydrogen (secondary N) is 1. The van der Waals surface area contributed by atoms with Gasteiger partial charge in [-0.25, -0.2) is 0 Å². The highest BCUT2D eigenvalue weighted by molar-refractivity contribution is 5.32. The molecule has 0 unspecified atom stereocenters. The van der Waals surface area contributed by atoms with E-state index in [1.165, 1.54) is 18.4 Å². The zero-order chi connectivity index (χ0) is 9.47. The van der Waals surface area contributed by atoms with Gasteiger partial charge in [0.1, 0.15) is 0 Å². The number of nitrogens with two attached hydrogens (primary N) is 1. The second-order valence-electron chi connectivity index (χ2n) is 4.17. The van der Waals surface area contributed by atoms with E-state index in [9.17, 15) is 0 Å². The highest BCUT2D eigenvalue weighted by Crippen LogP contribution is 2.38. The second kappa shape index (κ2) is 2.84. The molecule has 0 bridgehead atoms. The van der Waals surface area contributed by atoms with Crippen molar-refractivity contribution in [3.05, 3.63) is 17.0 Å². The first-order valence-corrected chi connectivity index (χ1v) is 4.94. The molecule has 0 amide bonds. The van der Waals surface area contributed by atoms with E-state index in [4.69, 9.17) is 5.73 Å². The predicted molar refractivity (Wildman–Crippen MR) is 52.4 cm³/mol. The summed E-state index contributed by atoms with van der Waals surface area (Å²) in [6.45, 7) is 4.09. The van der Waals surface area contributed by atoms with E-state index in [0.717, 1.165) is 24.2 Å². The first-order valence-electron chi connectivity index (χ1n) is 4.94. The molecule has 2 rings (SSSR count). The van der Waals surface area contributed by atoms with Gasteiger partial charge in [-0.3, -0.25) is 5.10 Å². The Morgan fingerprint density at radius 2 is 1.92 bits per heavy atom. The van der Waals surface area contributed by atoms with Crippen LogP contribution in [-0.4, -0.2) is 10.2 Å². The second-order valence-corrected chi connectivity index (χ2v) is 4.17. The number of aromatic nitrogens is 2. The van der Waals surface area contributed by atoms with Crippen LogP contribution in [0.3, 0.4) is 0 Å². The summed E-state index contributed by atoms with van der Waals surface area (Å²) in [6.07, 6.45) is 4.71. The van der Waals surface area contributed by atoms with Crippen LogP contribution in [-0.2, 0) is 5.54 Å². The molecule has 1 fully saturated rings. The van der Waals surface area contributed by atoms with Gasteiger partial charge in [0.15, 0.2) is 0 Å². The van der Waals surface area contributed by atoms with Crippen LogP contribution in [0.15, 0.2) is 0 Å². The number of H-pyrrole nitrogens is 1. The lowest BCUT2D eigenvalue weighted by Crippen LogP contribution is -2.34. The molecule has 3 heteroatoms. The largest absolute Gasteiger partial charge is 0.321 e. The molecule has 3 N–H and O–H groups in total. The summed E-state index contributed by atoms with van der Waals surface area (Å²) in [5.74, 6) is 0. The number of nitrogens with zero attached hydrogens (tertiary/aromatic N) is 1. The topological polar surface area (TPSA) is 54.7 Å². The van der Waals surface area contributed by atoms with Crippen LogP contribution in [0.4, 0.5) is 0 Å². The fraction of sp³-hybridized carbons (Fsp3) is 0.700. The maximum absolute atomic E-state index is 6.37. The van der Waals surface area contributed by atoms with Crippen molar-refractivity contribution in [1.29, 1.82) is 0 Å². The van der Waals surface area contributed by atoms with Gasteiger partial charge in [-0.1, -0.05) is 12.8 Å². The summed E-state index contributed by atoms with van der Waals surface area (Å²) in [7, 11) is 0. The van der Waals surface area contributed by atoms with Crippen LogP contribution in [0.1, 0.15) is 42.6 Å². The maximum Gasteiger partial charge on any atom is 0.0644 e. The van der Waals surface area contributed by atoms with Crippen LogP contribution >= 0.6 is 0 Å². The quantitative estimate of drug-likeness (QED) is 0.690. The SMILES string of the molecule is Cc1n[nH]c(C)c1C1(N)CCCC1. The zero-order valence-corrected chi connectivity index (χ0v) is 8.35. The Labute approximate surface area is 78.7 Å². The van der Waals surface area contributed by atoms with E-state index in [-0.39, 0.29) is 5.54 Å². The molecule has 3 nitrogen and oxygen atoms in total. The molecular formula is C10H17N3. The highest BCUT2D eigenvalue weighted by atomic mass is 15.1. The summed E-state index contributed by atoms with van der Waals surface area (Å²) in [5.41, 5.74) is 9.74. The molecule has 0 aliphatic heterocycles. The van der Waals surface area contributed by atoms with Crippen LogP contribution in [0.5, 0.6) is 0 Å². The van der Waals surface area contributed by atoms with Gasteiger partial charge in [-0.15, -0.1) is 0 Å². The van der Waals surface area contributed by atoms with Gasteiger partial charge in [-0.05, 0) is 26.7 Å². The Kier molecular flexibility index (Phi) is 1.91. The number of aryl methyl sites for hydroxylation is 2. The number of hydrogen-bond acceptors (Lipinski definition) is 2. The highest BCUT2D eigenvalue weighted by Gasteiger charge is 2.34. The van der Waals surface area contributed by atoms with Crippen molar-refractivity contribution in [3.63, 3.8) is 0 Å². The molecule has 72 valence electrons. The van der Waals surface area contributed by atoms with Crippen molar-refractivity contribution >= 4 is 0 Å². The smallest absolute Gasteiger partial charge is 0.0644 e. The van der Waals surface area contributed by atoms with Crippen molar-refractivity contribution < 1.29 is 0 Å². The molecule has 0 saturated heterocycles. The lowest BCUT2D eigenvalue weighted by molar-refractivity contribution is 0.457. The average molecular weight is 179 g/mol. The van der Waals surface area contributed by atoms with E-state index in [1.54, 1.807) is 0 Å². The molecule has 0 spiro atoms. The molecule has 0 atom stereocenters. The third-order valence-corrected chi connectivity index (χ3v) is 3.12. The van der Waals surface area contributed by atoms with Crippen molar-refractivity contribution in [1.82, 2.24) is 10.2 Å². The number of rotatable bonds is 1. The van der Waals surface area contributed by atoms with E-state index < -0.39 is 0 Å².